The lowest BCUT2D eigenvalue weighted by Crippen LogP contribution is -2.40. The molecule has 1 aromatic heterocycles. The van der Waals surface area contributed by atoms with Gasteiger partial charge >= 0.3 is 0 Å². The third kappa shape index (κ3) is 3.30. The zero-order valence-corrected chi connectivity index (χ0v) is 13.1. The Morgan fingerprint density at radius 1 is 1.32 bits per heavy atom. The lowest BCUT2D eigenvalue weighted by molar-refractivity contribution is 0.389. The summed E-state index contributed by atoms with van der Waals surface area (Å²) in [4.78, 5) is 6.41. The third-order valence-electron chi connectivity index (χ3n) is 4.15. The number of hydrogen-bond donors (Lipinski definition) is 1. The molecule has 0 radical (unpaired) electrons. The number of aromatic nitrogens is 1. The van der Waals surface area contributed by atoms with Crippen LogP contribution in [-0.4, -0.2) is 36.7 Å². The molecule has 1 heterocycles. The van der Waals surface area contributed by atoms with Crippen molar-refractivity contribution in [3.8, 4) is 0 Å². The van der Waals surface area contributed by atoms with Gasteiger partial charge in [0.05, 0.1) is 6.54 Å². The van der Waals surface area contributed by atoms with Gasteiger partial charge in [0.25, 0.3) is 0 Å². The van der Waals surface area contributed by atoms with E-state index >= 15 is 0 Å². The van der Waals surface area contributed by atoms with Crippen molar-refractivity contribution in [1.82, 2.24) is 15.4 Å². The fraction of sp³-hybridized carbons (Fsp3) is 0.412. The van der Waals surface area contributed by atoms with Crippen LogP contribution in [-0.2, 0) is 19.4 Å². The maximum absolute atomic E-state index is 4.87. The van der Waals surface area contributed by atoms with E-state index in [1.807, 2.05) is 20.2 Å². The molecule has 1 aromatic carbocycles. The summed E-state index contributed by atoms with van der Waals surface area (Å²) in [5, 5.41) is 7.41. The van der Waals surface area contributed by atoms with Crippen molar-refractivity contribution in [1.29, 1.82) is 0 Å². The molecule has 0 atom stereocenters. The number of benzene rings is 1. The van der Waals surface area contributed by atoms with E-state index in [1.165, 1.54) is 11.1 Å². The first kappa shape index (κ1) is 14.6. The molecule has 3 rings (SSSR count). The first-order valence-corrected chi connectivity index (χ1v) is 7.64. The predicted molar refractivity (Wildman–Crippen MR) is 86.7 cm³/mol. The number of guanidine groups is 1. The summed E-state index contributed by atoms with van der Waals surface area (Å²) >= 11 is 0. The molecule has 2 aromatic rings. The minimum Gasteiger partial charge on any atom is -0.364 e. The van der Waals surface area contributed by atoms with Crippen LogP contribution >= 0.6 is 0 Å². The average Bonchev–Trinajstić information content (AvgIpc) is 3.16. The number of hydrogen-bond acceptors (Lipinski definition) is 3. The zero-order valence-electron chi connectivity index (χ0n) is 13.1. The van der Waals surface area contributed by atoms with Crippen LogP contribution in [0.25, 0.3) is 0 Å². The van der Waals surface area contributed by atoms with Gasteiger partial charge in [-0.2, -0.15) is 0 Å². The topological polar surface area (TPSA) is 53.7 Å². The molecule has 5 heteroatoms. The van der Waals surface area contributed by atoms with Crippen LogP contribution in [0.1, 0.15) is 16.8 Å². The molecular weight excluding hydrogens is 276 g/mol. The van der Waals surface area contributed by atoms with E-state index in [9.17, 15) is 0 Å². The van der Waals surface area contributed by atoms with Gasteiger partial charge in [-0.1, -0.05) is 29.4 Å². The van der Waals surface area contributed by atoms with Crippen LogP contribution in [0.15, 0.2) is 46.1 Å². The van der Waals surface area contributed by atoms with Crippen LogP contribution < -0.4 is 5.32 Å². The van der Waals surface area contributed by atoms with E-state index < -0.39 is 0 Å². The minimum atomic E-state index is 0.634. The van der Waals surface area contributed by atoms with Crippen molar-refractivity contribution in [2.45, 2.75) is 19.4 Å². The normalized spacial score (nSPS) is 14.9. The monoisotopic (exact) mass is 298 g/mol. The largest absolute Gasteiger partial charge is 0.364 e. The zero-order chi connectivity index (χ0) is 15.4. The van der Waals surface area contributed by atoms with E-state index in [2.05, 4.69) is 44.6 Å². The van der Waals surface area contributed by atoms with Crippen molar-refractivity contribution in [2.24, 2.45) is 10.9 Å². The minimum absolute atomic E-state index is 0.634. The number of nitrogens with zero attached hydrogens (tertiary/aromatic N) is 3. The molecule has 0 spiro atoms. The molecule has 0 saturated heterocycles. The van der Waals surface area contributed by atoms with E-state index in [-0.39, 0.29) is 0 Å². The van der Waals surface area contributed by atoms with Gasteiger partial charge in [0, 0.05) is 26.7 Å². The summed E-state index contributed by atoms with van der Waals surface area (Å²) in [5.74, 6) is 1.52. The molecule has 0 fully saturated rings. The summed E-state index contributed by atoms with van der Waals surface area (Å²) in [7, 11) is 3.82. The molecule has 0 aliphatic heterocycles. The van der Waals surface area contributed by atoms with Crippen molar-refractivity contribution in [3.05, 3.63) is 53.4 Å². The van der Waals surface area contributed by atoms with Crippen molar-refractivity contribution >= 4 is 5.96 Å². The Bertz CT molecular complexity index is 611. The molecule has 22 heavy (non-hydrogen) atoms. The second kappa shape index (κ2) is 6.64. The number of nitrogens with one attached hydrogen (secondary N) is 1. The molecule has 0 unspecified atom stereocenters. The summed E-state index contributed by atoms with van der Waals surface area (Å²) in [5.41, 5.74) is 3.87. The van der Waals surface area contributed by atoms with E-state index in [4.69, 9.17) is 4.52 Å². The lowest BCUT2D eigenvalue weighted by atomic mass is 10.1. The van der Waals surface area contributed by atoms with Crippen molar-refractivity contribution < 1.29 is 4.52 Å². The molecule has 116 valence electrons. The Kier molecular flexibility index (Phi) is 4.42. The molecular formula is C17H22N4O. The van der Waals surface area contributed by atoms with Crippen LogP contribution in [0.2, 0.25) is 0 Å². The maximum atomic E-state index is 4.87. The highest BCUT2D eigenvalue weighted by Gasteiger charge is 2.21. The number of aliphatic imine (C=N–C) groups is 1. The van der Waals surface area contributed by atoms with Gasteiger partial charge in [-0.05, 0) is 29.9 Å². The Morgan fingerprint density at radius 3 is 2.64 bits per heavy atom. The highest BCUT2D eigenvalue weighted by atomic mass is 16.5. The van der Waals surface area contributed by atoms with Gasteiger partial charge in [-0.25, -0.2) is 0 Å². The van der Waals surface area contributed by atoms with Crippen LogP contribution in [0.5, 0.6) is 0 Å². The van der Waals surface area contributed by atoms with Gasteiger partial charge in [-0.15, -0.1) is 0 Å². The lowest BCUT2D eigenvalue weighted by Gasteiger charge is -2.22. The van der Waals surface area contributed by atoms with E-state index in [1.54, 1.807) is 6.26 Å². The summed E-state index contributed by atoms with van der Waals surface area (Å²) in [6.07, 6.45) is 3.88. The molecule has 0 amide bonds. The van der Waals surface area contributed by atoms with Gasteiger partial charge in [0.15, 0.2) is 5.96 Å². The SMILES string of the molecule is CN=C(NCC1Cc2ccccc2C1)N(C)Cc1ccon1. The van der Waals surface area contributed by atoms with Crippen molar-refractivity contribution in [3.63, 3.8) is 0 Å². The summed E-state index contributed by atoms with van der Waals surface area (Å²) in [6, 6.07) is 10.6. The molecule has 0 saturated carbocycles. The van der Waals surface area contributed by atoms with E-state index in [0.29, 0.717) is 12.5 Å². The van der Waals surface area contributed by atoms with E-state index in [0.717, 1.165) is 31.0 Å². The predicted octanol–water partition coefficient (Wildman–Crippen LogP) is 2.10. The maximum Gasteiger partial charge on any atom is 0.193 e. The second-order valence-electron chi connectivity index (χ2n) is 5.82. The van der Waals surface area contributed by atoms with Gasteiger partial charge in [0.2, 0.25) is 0 Å². The highest BCUT2D eigenvalue weighted by molar-refractivity contribution is 5.79. The molecule has 1 N–H and O–H groups in total. The average molecular weight is 298 g/mol. The Labute approximate surface area is 131 Å². The quantitative estimate of drug-likeness (QED) is 0.694. The third-order valence-corrected chi connectivity index (χ3v) is 4.15. The second-order valence-corrected chi connectivity index (χ2v) is 5.82. The van der Waals surface area contributed by atoms with Crippen LogP contribution in [0.4, 0.5) is 0 Å². The fourth-order valence-electron chi connectivity index (χ4n) is 3.05. The Hall–Kier alpha value is -2.30. The molecule has 5 nitrogen and oxygen atoms in total. The molecule has 1 aliphatic rings. The number of fused-ring (bicyclic) bond motifs is 1. The smallest absolute Gasteiger partial charge is 0.193 e. The standard InChI is InChI=1S/C17H22N4O/c1-18-17(21(2)12-16-7-8-22-20-16)19-11-13-9-14-5-3-4-6-15(14)10-13/h3-8,13H,9-12H2,1-2H3,(H,18,19). The fourth-order valence-corrected chi connectivity index (χ4v) is 3.05. The summed E-state index contributed by atoms with van der Waals surface area (Å²) in [6.45, 7) is 1.62. The molecule has 1 aliphatic carbocycles. The Balaban J connectivity index is 1.52. The van der Waals surface area contributed by atoms with Crippen LogP contribution in [0, 0.1) is 5.92 Å². The van der Waals surface area contributed by atoms with Gasteiger partial charge in [0.1, 0.15) is 12.0 Å². The Morgan fingerprint density at radius 2 is 2.05 bits per heavy atom. The highest BCUT2D eigenvalue weighted by Crippen LogP contribution is 2.25. The first-order valence-electron chi connectivity index (χ1n) is 7.64. The molecule has 0 bridgehead atoms. The van der Waals surface area contributed by atoms with Crippen molar-refractivity contribution in [2.75, 3.05) is 20.6 Å². The first-order chi connectivity index (χ1) is 10.8. The van der Waals surface area contributed by atoms with Crippen LogP contribution in [0.3, 0.4) is 0 Å². The van der Waals surface area contributed by atoms with Gasteiger partial charge in [-0.3, -0.25) is 4.99 Å². The van der Waals surface area contributed by atoms with Gasteiger partial charge < -0.3 is 14.7 Å². The summed E-state index contributed by atoms with van der Waals surface area (Å²) < 4.78 is 4.87. The number of rotatable bonds is 4.